The van der Waals surface area contributed by atoms with Crippen molar-refractivity contribution in [3.63, 3.8) is 0 Å². The predicted molar refractivity (Wildman–Crippen MR) is 95.0 cm³/mol. The van der Waals surface area contributed by atoms with Crippen LogP contribution in [0.2, 0.25) is 0 Å². The van der Waals surface area contributed by atoms with Gasteiger partial charge in [-0.15, -0.1) is 0 Å². The molecule has 25 heavy (non-hydrogen) atoms. The van der Waals surface area contributed by atoms with Gasteiger partial charge in [0, 0.05) is 12.1 Å². The van der Waals surface area contributed by atoms with Gasteiger partial charge in [-0.3, -0.25) is 10.7 Å². The molecule has 0 saturated heterocycles. The summed E-state index contributed by atoms with van der Waals surface area (Å²) < 4.78 is 40.7. The highest BCUT2D eigenvalue weighted by Gasteiger charge is 2.60. The monoisotopic (exact) mass is 365 g/mol. The van der Waals surface area contributed by atoms with Crippen molar-refractivity contribution in [2.24, 2.45) is 10.8 Å². The summed E-state index contributed by atoms with van der Waals surface area (Å²) in [6, 6.07) is 18.4. The largest absolute Gasteiger partial charge is 0.437 e. The number of benzene rings is 2. The lowest BCUT2D eigenvalue weighted by Gasteiger charge is -2.34. The number of nitrogens with zero attached hydrogens (tertiary/aromatic N) is 2. The van der Waals surface area contributed by atoms with Gasteiger partial charge < -0.3 is 0 Å². The molecule has 0 amide bonds. The number of hydrogen-bond acceptors (Lipinski definition) is 4. The Balaban J connectivity index is 1.76. The molecule has 0 fully saturated rings. The molecule has 1 aliphatic rings. The van der Waals surface area contributed by atoms with Gasteiger partial charge in [0.2, 0.25) is 0 Å². The highest BCUT2D eigenvalue weighted by atomic mass is 32.2. The summed E-state index contributed by atoms with van der Waals surface area (Å²) in [5.74, 6) is 0. The van der Waals surface area contributed by atoms with E-state index < -0.39 is 11.2 Å². The standard InChI is InChI=1S/C18H18F3N3S/c19-17(20,21)18(22)24(13-7-10-14-8-3-1-4-9-14)23-16(25-18)15-11-5-2-6-12-15/h1-6,8-9,11-12H,7,10,13,22H2. The molecule has 0 aliphatic carbocycles. The normalized spacial score (nSPS) is 20.6. The Hall–Kier alpha value is -1.99. The number of thioether (sulfide) groups is 1. The molecular formula is C18H18F3N3S. The molecule has 3 nitrogen and oxygen atoms in total. The van der Waals surface area contributed by atoms with Crippen LogP contribution in [0.25, 0.3) is 0 Å². The molecule has 2 N–H and O–H groups in total. The van der Waals surface area contributed by atoms with E-state index >= 15 is 0 Å². The lowest BCUT2D eigenvalue weighted by atomic mass is 10.1. The molecule has 0 spiro atoms. The van der Waals surface area contributed by atoms with Crippen LogP contribution in [0.1, 0.15) is 17.5 Å². The van der Waals surface area contributed by atoms with Gasteiger partial charge >= 0.3 is 6.18 Å². The summed E-state index contributed by atoms with van der Waals surface area (Å²) in [6.45, 7) is 0.133. The zero-order valence-corrected chi connectivity index (χ0v) is 14.2. The molecule has 0 aromatic heterocycles. The van der Waals surface area contributed by atoms with E-state index in [0.717, 1.165) is 10.6 Å². The lowest BCUT2D eigenvalue weighted by molar-refractivity contribution is -0.195. The first-order chi connectivity index (χ1) is 11.9. The Morgan fingerprint density at radius 2 is 1.60 bits per heavy atom. The molecular weight excluding hydrogens is 347 g/mol. The summed E-state index contributed by atoms with van der Waals surface area (Å²) >= 11 is 0.556. The van der Waals surface area contributed by atoms with E-state index in [0.29, 0.717) is 35.2 Å². The quantitative estimate of drug-likeness (QED) is 0.863. The number of hydrogen-bond donors (Lipinski definition) is 1. The van der Waals surface area contributed by atoms with Crippen molar-refractivity contribution < 1.29 is 13.2 Å². The van der Waals surface area contributed by atoms with Crippen LogP contribution in [0.15, 0.2) is 65.8 Å². The maximum Gasteiger partial charge on any atom is 0.437 e. The van der Waals surface area contributed by atoms with Crippen LogP contribution in [0.4, 0.5) is 13.2 Å². The Bertz CT molecular complexity index is 734. The van der Waals surface area contributed by atoms with Crippen LogP contribution < -0.4 is 5.73 Å². The minimum absolute atomic E-state index is 0.133. The van der Waals surface area contributed by atoms with Crippen molar-refractivity contribution in [2.75, 3.05) is 6.54 Å². The molecule has 2 aromatic carbocycles. The third-order valence-corrected chi connectivity index (χ3v) is 5.22. The minimum atomic E-state index is -4.59. The fraction of sp³-hybridized carbons (Fsp3) is 0.278. The summed E-state index contributed by atoms with van der Waals surface area (Å²) in [5, 5.41) is 5.44. The molecule has 3 rings (SSSR count). The molecule has 1 heterocycles. The number of halogens is 3. The minimum Gasteiger partial charge on any atom is -0.291 e. The number of alkyl halides is 3. The first kappa shape index (κ1) is 17.8. The highest BCUT2D eigenvalue weighted by Crippen LogP contribution is 2.46. The van der Waals surface area contributed by atoms with Crippen molar-refractivity contribution >= 4 is 16.8 Å². The van der Waals surface area contributed by atoms with Gasteiger partial charge in [0.05, 0.1) is 0 Å². The van der Waals surface area contributed by atoms with Crippen LogP contribution in [-0.2, 0) is 6.42 Å². The summed E-state index contributed by atoms with van der Waals surface area (Å²) in [4.78, 5) is -2.53. The Kier molecular flexibility index (Phi) is 5.06. The number of aryl methyl sites for hydroxylation is 1. The molecule has 0 radical (unpaired) electrons. The van der Waals surface area contributed by atoms with E-state index in [1.54, 1.807) is 30.3 Å². The van der Waals surface area contributed by atoms with Crippen LogP contribution >= 0.6 is 11.8 Å². The van der Waals surface area contributed by atoms with Crippen molar-refractivity contribution in [1.29, 1.82) is 0 Å². The summed E-state index contributed by atoms with van der Waals surface area (Å²) in [6.07, 6.45) is -3.39. The molecule has 0 bridgehead atoms. The van der Waals surface area contributed by atoms with Gasteiger partial charge in [0.15, 0.2) is 0 Å². The first-order valence-corrected chi connectivity index (χ1v) is 8.72. The second kappa shape index (κ2) is 7.09. The summed E-state index contributed by atoms with van der Waals surface area (Å²) in [5.41, 5.74) is 7.45. The molecule has 1 aliphatic heterocycles. The third kappa shape index (κ3) is 3.82. The van der Waals surface area contributed by atoms with E-state index in [1.807, 2.05) is 30.3 Å². The van der Waals surface area contributed by atoms with Gasteiger partial charge in [-0.2, -0.15) is 18.3 Å². The van der Waals surface area contributed by atoms with Crippen molar-refractivity contribution in [3.8, 4) is 0 Å². The van der Waals surface area contributed by atoms with Crippen molar-refractivity contribution in [2.45, 2.75) is 24.0 Å². The average Bonchev–Trinajstić information content (AvgIpc) is 2.95. The second-order valence-electron chi connectivity index (χ2n) is 5.78. The fourth-order valence-electron chi connectivity index (χ4n) is 2.60. The molecule has 7 heteroatoms. The second-order valence-corrected chi connectivity index (χ2v) is 6.99. The Labute approximate surface area is 148 Å². The first-order valence-electron chi connectivity index (χ1n) is 7.90. The van der Waals surface area contributed by atoms with E-state index in [1.165, 1.54) is 0 Å². The average molecular weight is 365 g/mol. The number of hydrazone groups is 1. The van der Waals surface area contributed by atoms with Crippen LogP contribution in [-0.4, -0.2) is 27.8 Å². The Morgan fingerprint density at radius 1 is 1.00 bits per heavy atom. The molecule has 132 valence electrons. The molecule has 0 saturated carbocycles. The van der Waals surface area contributed by atoms with Crippen LogP contribution in [0.3, 0.4) is 0 Å². The van der Waals surface area contributed by atoms with Crippen LogP contribution in [0, 0.1) is 0 Å². The van der Waals surface area contributed by atoms with E-state index in [-0.39, 0.29) is 6.54 Å². The van der Waals surface area contributed by atoms with E-state index in [4.69, 9.17) is 5.73 Å². The smallest absolute Gasteiger partial charge is 0.291 e. The fourth-order valence-corrected chi connectivity index (χ4v) is 3.64. The zero-order valence-electron chi connectivity index (χ0n) is 13.4. The summed E-state index contributed by atoms with van der Waals surface area (Å²) in [7, 11) is 0. The van der Waals surface area contributed by atoms with Gasteiger partial charge in [-0.25, -0.2) is 0 Å². The van der Waals surface area contributed by atoms with Crippen molar-refractivity contribution in [1.82, 2.24) is 5.01 Å². The maximum atomic E-state index is 13.6. The molecule has 1 atom stereocenters. The SMILES string of the molecule is NC1(C(F)(F)F)SC(c2ccccc2)=NN1CCCc1ccccc1. The van der Waals surface area contributed by atoms with Gasteiger partial charge in [0.1, 0.15) is 5.04 Å². The zero-order chi connectivity index (χ0) is 17.9. The number of rotatable bonds is 5. The molecule has 2 aromatic rings. The molecule has 1 unspecified atom stereocenters. The Morgan fingerprint density at radius 3 is 2.20 bits per heavy atom. The van der Waals surface area contributed by atoms with Crippen LogP contribution in [0.5, 0.6) is 0 Å². The predicted octanol–water partition coefficient (Wildman–Crippen LogP) is 4.20. The van der Waals surface area contributed by atoms with E-state index in [2.05, 4.69) is 5.10 Å². The topological polar surface area (TPSA) is 41.6 Å². The lowest BCUT2D eigenvalue weighted by Crippen LogP contribution is -2.59. The maximum absolute atomic E-state index is 13.6. The third-order valence-electron chi connectivity index (χ3n) is 3.95. The van der Waals surface area contributed by atoms with E-state index in [9.17, 15) is 13.2 Å². The van der Waals surface area contributed by atoms with Gasteiger partial charge in [-0.05, 0) is 30.2 Å². The van der Waals surface area contributed by atoms with Gasteiger partial charge in [-0.1, -0.05) is 60.7 Å². The highest BCUT2D eigenvalue weighted by molar-refractivity contribution is 8.15. The van der Waals surface area contributed by atoms with Crippen molar-refractivity contribution in [3.05, 3.63) is 71.8 Å². The number of nitrogens with two attached hydrogens (primary N) is 1. The van der Waals surface area contributed by atoms with Gasteiger partial charge in [0.25, 0.3) is 4.99 Å².